The molecule has 4 aromatic rings. The number of rotatable bonds is 4. The lowest BCUT2D eigenvalue weighted by atomic mass is 10.1. The number of benzene rings is 1. The van der Waals surface area contributed by atoms with Gasteiger partial charge in [0.1, 0.15) is 22.9 Å². The van der Waals surface area contributed by atoms with Gasteiger partial charge in [-0.25, -0.2) is 27.6 Å². The minimum absolute atomic E-state index is 0.0224. The first kappa shape index (κ1) is 24.7. The fourth-order valence-electron chi connectivity index (χ4n) is 3.14. The van der Waals surface area contributed by atoms with Crippen molar-refractivity contribution in [2.24, 2.45) is 0 Å². The molecule has 4 rings (SSSR count). The number of amides is 1. The molecule has 0 saturated carbocycles. The molecule has 0 unspecified atom stereocenters. The highest BCUT2D eigenvalue weighted by atomic mass is 79.9. The quantitative estimate of drug-likeness (QED) is 0.336. The third kappa shape index (κ3) is 5.17. The Morgan fingerprint density at radius 1 is 1.17 bits per heavy atom. The van der Waals surface area contributed by atoms with Crippen molar-refractivity contribution in [3.8, 4) is 11.6 Å². The van der Waals surface area contributed by atoms with E-state index in [1.54, 1.807) is 27.7 Å². The van der Waals surface area contributed by atoms with Crippen molar-refractivity contribution in [1.29, 1.82) is 0 Å². The second kappa shape index (κ2) is 8.68. The molecule has 0 aliphatic rings. The van der Waals surface area contributed by atoms with Crippen molar-refractivity contribution in [1.82, 2.24) is 24.9 Å². The normalized spacial score (nSPS) is 12.2. The Labute approximate surface area is 207 Å². The number of anilines is 1. The highest BCUT2D eigenvalue weighted by molar-refractivity contribution is 9.10. The number of halogens is 2. The molecular weight excluding hydrogens is 547 g/mol. The van der Waals surface area contributed by atoms with Gasteiger partial charge in [0.15, 0.2) is 5.75 Å². The maximum Gasteiger partial charge on any atom is 0.412 e. The van der Waals surface area contributed by atoms with Crippen LogP contribution in [0.4, 0.5) is 14.9 Å². The molecule has 0 spiro atoms. The monoisotopic (exact) mass is 566 g/mol. The second-order valence-corrected chi connectivity index (χ2v) is 11.3. The van der Waals surface area contributed by atoms with Gasteiger partial charge in [0.05, 0.1) is 33.5 Å². The van der Waals surface area contributed by atoms with E-state index in [1.165, 1.54) is 12.4 Å². The molecule has 0 saturated heterocycles. The van der Waals surface area contributed by atoms with E-state index in [-0.39, 0.29) is 43.7 Å². The van der Waals surface area contributed by atoms with Crippen LogP contribution in [0.3, 0.4) is 0 Å². The van der Waals surface area contributed by atoms with E-state index in [0.29, 0.717) is 5.82 Å². The lowest BCUT2D eigenvalue weighted by molar-refractivity contribution is 0.0636. The van der Waals surface area contributed by atoms with E-state index in [1.807, 2.05) is 0 Å². The van der Waals surface area contributed by atoms with Crippen LogP contribution in [0.25, 0.3) is 21.9 Å². The summed E-state index contributed by atoms with van der Waals surface area (Å²) in [5.41, 5.74) is -0.468. The summed E-state index contributed by atoms with van der Waals surface area (Å²) < 4.78 is 50.5. The Balaban J connectivity index is 1.98. The molecule has 0 fully saturated rings. The molecular formula is C21H20BrFN6O5S. The Bertz CT molecular complexity index is 1580. The highest BCUT2D eigenvalue weighted by Gasteiger charge is 2.26. The molecule has 3 heterocycles. The van der Waals surface area contributed by atoms with Gasteiger partial charge in [-0.1, -0.05) is 0 Å². The number of H-pyrrole nitrogens is 1. The molecule has 3 aromatic heterocycles. The molecule has 2 N–H and O–H groups in total. The lowest BCUT2D eigenvalue weighted by Crippen LogP contribution is -2.27. The number of hydrogen-bond donors (Lipinski definition) is 2. The Hall–Kier alpha value is -3.39. The maximum absolute atomic E-state index is 14.9. The summed E-state index contributed by atoms with van der Waals surface area (Å²) in [5.74, 6) is -0.217. The van der Waals surface area contributed by atoms with Crippen LogP contribution >= 0.6 is 15.9 Å². The third-order valence-corrected chi connectivity index (χ3v) is 6.13. The smallest absolute Gasteiger partial charge is 0.412 e. The summed E-state index contributed by atoms with van der Waals surface area (Å²) in [6.45, 7) is 6.75. The lowest BCUT2D eigenvalue weighted by Gasteiger charge is -2.20. The SMILES string of the molecule is Cc1ncc(Oc2nc(S(C)(=O)=O)nc3[nH]c4c(NC(=O)OC(C)(C)C)cc(F)c(Br)c4c23)cn1. The van der Waals surface area contributed by atoms with Crippen LogP contribution in [-0.2, 0) is 14.6 Å². The van der Waals surface area contributed by atoms with Gasteiger partial charge < -0.3 is 14.5 Å². The molecule has 0 aliphatic carbocycles. The number of sulfone groups is 1. The Morgan fingerprint density at radius 3 is 2.43 bits per heavy atom. The highest BCUT2D eigenvalue weighted by Crippen LogP contribution is 2.41. The van der Waals surface area contributed by atoms with Gasteiger partial charge in [-0.15, -0.1) is 0 Å². The summed E-state index contributed by atoms with van der Waals surface area (Å²) >= 11 is 3.22. The zero-order valence-electron chi connectivity index (χ0n) is 19.2. The number of fused-ring (bicyclic) bond motifs is 3. The number of hydrogen-bond acceptors (Lipinski definition) is 9. The molecule has 1 amide bonds. The van der Waals surface area contributed by atoms with E-state index in [9.17, 15) is 17.6 Å². The number of carbonyl (C=O) groups is 1. The van der Waals surface area contributed by atoms with Crippen LogP contribution in [0.5, 0.6) is 11.6 Å². The van der Waals surface area contributed by atoms with E-state index in [4.69, 9.17) is 9.47 Å². The third-order valence-electron chi connectivity index (χ3n) is 4.51. The number of aromatic amines is 1. The average molecular weight is 567 g/mol. The van der Waals surface area contributed by atoms with E-state index in [2.05, 4.69) is 46.2 Å². The molecule has 0 radical (unpaired) electrons. The van der Waals surface area contributed by atoms with Crippen LogP contribution in [0.1, 0.15) is 26.6 Å². The summed E-state index contributed by atoms with van der Waals surface area (Å²) in [4.78, 5) is 31.6. The summed E-state index contributed by atoms with van der Waals surface area (Å²) in [7, 11) is -3.85. The van der Waals surface area contributed by atoms with Crippen molar-refractivity contribution < 1.29 is 27.1 Å². The number of aromatic nitrogens is 5. The molecule has 14 heteroatoms. The number of nitrogens with zero attached hydrogens (tertiary/aromatic N) is 4. The van der Waals surface area contributed by atoms with Crippen LogP contribution in [0, 0.1) is 12.7 Å². The van der Waals surface area contributed by atoms with Crippen molar-refractivity contribution in [2.45, 2.75) is 38.5 Å². The molecule has 184 valence electrons. The second-order valence-electron chi connectivity index (χ2n) is 8.60. The first-order valence-electron chi connectivity index (χ1n) is 10.1. The van der Waals surface area contributed by atoms with Crippen molar-refractivity contribution in [2.75, 3.05) is 11.6 Å². The number of aryl methyl sites for hydroxylation is 1. The van der Waals surface area contributed by atoms with Crippen LogP contribution in [0.2, 0.25) is 0 Å². The van der Waals surface area contributed by atoms with Gasteiger partial charge in [-0.05, 0) is 43.6 Å². The summed E-state index contributed by atoms with van der Waals surface area (Å²) in [5, 5.41) is 2.38. The van der Waals surface area contributed by atoms with Gasteiger partial charge >= 0.3 is 6.09 Å². The summed E-state index contributed by atoms with van der Waals surface area (Å²) in [6, 6.07) is 1.09. The largest absolute Gasteiger partial charge is 0.444 e. The molecule has 0 aliphatic heterocycles. The molecule has 11 nitrogen and oxygen atoms in total. The standard InChI is InChI=1S/C21H20BrFN6O5S/c1-9-24-7-10(8-25-9)33-18-14-13-15(22)11(23)6-12(26-20(30)34-21(2,3)4)16(13)27-17(14)28-19(29-18)35(5,31)32/h6-8H,1-5H3,(H,26,30)(H,27,28,29). The molecule has 0 atom stereocenters. The average Bonchev–Trinajstić information content (AvgIpc) is 3.12. The maximum atomic E-state index is 14.9. The van der Waals surface area contributed by atoms with Crippen molar-refractivity contribution in [3.05, 3.63) is 34.6 Å². The van der Waals surface area contributed by atoms with Crippen molar-refractivity contribution >= 4 is 59.5 Å². The summed E-state index contributed by atoms with van der Waals surface area (Å²) in [6.07, 6.45) is 2.91. The molecule has 0 bridgehead atoms. The van der Waals surface area contributed by atoms with E-state index < -0.39 is 32.5 Å². The van der Waals surface area contributed by atoms with Gasteiger partial charge in [0, 0.05) is 17.7 Å². The Morgan fingerprint density at radius 2 is 1.83 bits per heavy atom. The fraction of sp³-hybridized carbons (Fsp3) is 0.286. The van der Waals surface area contributed by atoms with Crippen LogP contribution < -0.4 is 10.1 Å². The minimum Gasteiger partial charge on any atom is -0.444 e. The first-order valence-corrected chi connectivity index (χ1v) is 12.8. The molecule has 35 heavy (non-hydrogen) atoms. The zero-order valence-corrected chi connectivity index (χ0v) is 21.6. The van der Waals surface area contributed by atoms with E-state index >= 15 is 0 Å². The number of nitrogens with one attached hydrogen (secondary N) is 2. The van der Waals surface area contributed by atoms with Crippen molar-refractivity contribution in [3.63, 3.8) is 0 Å². The van der Waals surface area contributed by atoms with Crippen LogP contribution in [-0.4, -0.2) is 51.3 Å². The minimum atomic E-state index is -3.85. The number of carbonyl (C=O) groups excluding carboxylic acids is 1. The Kier molecular flexibility index (Phi) is 6.13. The van der Waals surface area contributed by atoms with Gasteiger partial charge in [-0.2, -0.15) is 9.97 Å². The topological polar surface area (TPSA) is 149 Å². The predicted octanol–water partition coefficient (Wildman–Crippen LogP) is 4.65. The zero-order chi connectivity index (χ0) is 25.7. The number of ether oxygens (including phenoxy) is 2. The predicted molar refractivity (Wildman–Crippen MR) is 129 cm³/mol. The van der Waals surface area contributed by atoms with E-state index in [0.717, 1.165) is 12.3 Å². The van der Waals surface area contributed by atoms with Gasteiger partial charge in [0.25, 0.3) is 5.16 Å². The van der Waals surface area contributed by atoms with Crippen LogP contribution in [0.15, 0.2) is 28.1 Å². The fourth-order valence-corrected chi connectivity index (χ4v) is 4.16. The van der Waals surface area contributed by atoms with Gasteiger partial charge in [-0.3, -0.25) is 5.32 Å². The first-order chi connectivity index (χ1) is 16.2. The molecule has 1 aromatic carbocycles. The van der Waals surface area contributed by atoms with Gasteiger partial charge in [0.2, 0.25) is 15.7 Å².